The van der Waals surface area contributed by atoms with Crippen LogP contribution in [0.5, 0.6) is 0 Å². The molecular formula is C17H36N4O3S2. The second kappa shape index (κ2) is 12.0. The Morgan fingerprint density at radius 3 is 2.31 bits per heavy atom. The van der Waals surface area contributed by atoms with Gasteiger partial charge >= 0.3 is 0 Å². The molecule has 9 heteroatoms. The van der Waals surface area contributed by atoms with Crippen molar-refractivity contribution in [3.8, 4) is 0 Å². The summed E-state index contributed by atoms with van der Waals surface area (Å²) in [6.45, 7) is 8.57. The van der Waals surface area contributed by atoms with Gasteiger partial charge in [0.1, 0.15) is 0 Å². The fraction of sp³-hybridized carbons (Fsp3) is 0.941. The summed E-state index contributed by atoms with van der Waals surface area (Å²) in [6.07, 6.45) is 3.24. The lowest BCUT2D eigenvalue weighted by Gasteiger charge is -2.26. The molecule has 0 aliphatic carbocycles. The lowest BCUT2D eigenvalue weighted by molar-refractivity contribution is 0.0306. The van der Waals surface area contributed by atoms with Crippen molar-refractivity contribution in [2.24, 2.45) is 4.99 Å². The van der Waals surface area contributed by atoms with E-state index in [9.17, 15) is 13.5 Å². The van der Waals surface area contributed by atoms with Crippen LogP contribution in [0.3, 0.4) is 0 Å². The van der Waals surface area contributed by atoms with E-state index >= 15 is 0 Å². The number of aliphatic imine (C=N–C) groups is 1. The minimum absolute atomic E-state index is 0.0519. The average molecular weight is 409 g/mol. The number of aliphatic hydroxyl groups is 1. The maximum absolute atomic E-state index is 12.4. The van der Waals surface area contributed by atoms with Crippen LogP contribution in [0.15, 0.2) is 4.99 Å². The standard InChI is InChI=1S/C17H36N4O3S2/c1-4-7-17(22,8-5-2)15-20-16(18-6-3)19-9-14-26(23,24)21-10-12-25-13-11-21/h22H,4-15H2,1-3H3,(H2,18,19,20). The zero-order valence-electron chi connectivity index (χ0n) is 16.5. The van der Waals surface area contributed by atoms with Gasteiger partial charge in [0.15, 0.2) is 5.96 Å². The van der Waals surface area contributed by atoms with E-state index in [1.807, 2.05) is 6.92 Å². The first-order valence-corrected chi connectivity index (χ1v) is 12.4. The fourth-order valence-electron chi connectivity index (χ4n) is 3.03. The molecule has 154 valence electrons. The minimum atomic E-state index is -3.23. The van der Waals surface area contributed by atoms with E-state index in [4.69, 9.17) is 0 Å². The molecule has 0 aromatic rings. The van der Waals surface area contributed by atoms with Crippen LogP contribution < -0.4 is 10.6 Å². The smallest absolute Gasteiger partial charge is 0.215 e. The van der Waals surface area contributed by atoms with E-state index in [2.05, 4.69) is 29.5 Å². The van der Waals surface area contributed by atoms with Crippen molar-refractivity contribution >= 4 is 27.7 Å². The number of hydrogen-bond acceptors (Lipinski definition) is 5. The highest BCUT2D eigenvalue weighted by Gasteiger charge is 2.25. The van der Waals surface area contributed by atoms with E-state index in [1.165, 1.54) is 0 Å². The van der Waals surface area contributed by atoms with Gasteiger partial charge in [-0.3, -0.25) is 4.99 Å². The van der Waals surface area contributed by atoms with Crippen LogP contribution in [-0.4, -0.2) is 79.4 Å². The average Bonchev–Trinajstić information content (AvgIpc) is 2.61. The molecule has 1 fully saturated rings. The monoisotopic (exact) mass is 408 g/mol. The van der Waals surface area contributed by atoms with E-state index in [-0.39, 0.29) is 5.75 Å². The van der Waals surface area contributed by atoms with Gasteiger partial charge in [0.05, 0.1) is 17.9 Å². The molecule has 0 bridgehead atoms. The Hall–Kier alpha value is -0.510. The van der Waals surface area contributed by atoms with Crippen molar-refractivity contribution in [1.82, 2.24) is 14.9 Å². The van der Waals surface area contributed by atoms with Crippen LogP contribution in [0.2, 0.25) is 0 Å². The number of guanidine groups is 1. The van der Waals surface area contributed by atoms with Crippen molar-refractivity contribution in [3.05, 3.63) is 0 Å². The number of sulfonamides is 1. The molecule has 26 heavy (non-hydrogen) atoms. The second-order valence-electron chi connectivity index (χ2n) is 6.67. The van der Waals surface area contributed by atoms with Gasteiger partial charge in [-0.05, 0) is 19.8 Å². The Morgan fingerprint density at radius 2 is 1.77 bits per heavy atom. The third-order valence-electron chi connectivity index (χ3n) is 4.32. The van der Waals surface area contributed by atoms with E-state index in [0.717, 1.165) is 24.3 Å². The third kappa shape index (κ3) is 8.45. The molecule has 1 aliphatic heterocycles. The molecule has 0 aromatic carbocycles. The van der Waals surface area contributed by atoms with Gasteiger partial charge in [-0.1, -0.05) is 26.7 Å². The van der Waals surface area contributed by atoms with E-state index < -0.39 is 15.6 Å². The van der Waals surface area contributed by atoms with Gasteiger partial charge in [0.2, 0.25) is 10.0 Å². The van der Waals surface area contributed by atoms with Crippen LogP contribution in [0.4, 0.5) is 0 Å². The SMILES string of the molecule is CCCC(O)(CCC)CN=C(NCC)NCCS(=O)(=O)N1CCSCC1. The zero-order chi connectivity index (χ0) is 19.5. The molecule has 1 rings (SSSR count). The number of thioether (sulfide) groups is 1. The summed E-state index contributed by atoms with van der Waals surface area (Å²) in [5.74, 6) is 2.34. The summed E-state index contributed by atoms with van der Waals surface area (Å²) >= 11 is 1.79. The van der Waals surface area contributed by atoms with Crippen LogP contribution in [0, 0.1) is 0 Å². The van der Waals surface area contributed by atoms with Crippen LogP contribution in [-0.2, 0) is 10.0 Å². The maximum Gasteiger partial charge on any atom is 0.215 e. The first-order valence-electron chi connectivity index (χ1n) is 9.67. The Labute approximate surface area is 163 Å². The highest BCUT2D eigenvalue weighted by atomic mass is 32.2. The number of rotatable bonds is 11. The molecular weight excluding hydrogens is 372 g/mol. The van der Waals surface area contributed by atoms with Crippen molar-refractivity contribution in [2.75, 3.05) is 50.0 Å². The minimum Gasteiger partial charge on any atom is -0.388 e. The largest absolute Gasteiger partial charge is 0.388 e. The highest BCUT2D eigenvalue weighted by Crippen LogP contribution is 2.19. The van der Waals surface area contributed by atoms with Gasteiger partial charge in [0, 0.05) is 37.7 Å². The summed E-state index contributed by atoms with van der Waals surface area (Å²) in [5, 5.41) is 16.9. The topological polar surface area (TPSA) is 94.0 Å². The molecule has 0 spiro atoms. The molecule has 0 atom stereocenters. The number of hydrogen-bond donors (Lipinski definition) is 3. The molecule has 0 amide bonds. The summed E-state index contributed by atoms with van der Waals surface area (Å²) < 4.78 is 26.4. The summed E-state index contributed by atoms with van der Waals surface area (Å²) in [5.41, 5.74) is -0.788. The van der Waals surface area contributed by atoms with Gasteiger partial charge < -0.3 is 15.7 Å². The van der Waals surface area contributed by atoms with Crippen LogP contribution in [0.1, 0.15) is 46.5 Å². The lowest BCUT2D eigenvalue weighted by Crippen LogP contribution is -2.44. The molecule has 1 heterocycles. The van der Waals surface area contributed by atoms with E-state index in [1.54, 1.807) is 16.1 Å². The first kappa shape index (κ1) is 23.5. The lowest BCUT2D eigenvalue weighted by atomic mass is 9.93. The maximum atomic E-state index is 12.4. The highest BCUT2D eigenvalue weighted by molar-refractivity contribution is 7.99. The van der Waals surface area contributed by atoms with Crippen LogP contribution >= 0.6 is 11.8 Å². The molecule has 0 unspecified atom stereocenters. The summed E-state index contributed by atoms with van der Waals surface area (Å²) in [6, 6.07) is 0. The van der Waals surface area contributed by atoms with Gasteiger partial charge in [-0.25, -0.2) is 12.7 Å². The Kier molecular flexibility index (Phi) is 10.9. The first-order chi connectivity index (χ1) is 12.4. The normalized spacial score (nSPS) is 17.3. The second-order valence-corrected chi connectivity index (χ2v) is 9.99. The van der Waals surface area contributed by atoms with Crippen molar-refractivity contribution in [1.29, 1.82) is 0 Å². The molecule has 0 saturated carbocycles. The van der Waals surface area contributed by atoms with E-state index in [0.29, 0.717) is 51.5 Å². The Balaban J connectivity index is 2.58. The van der Waals surface area contributed by atoms with Gasteiger partial charge in [-0.2, -0.15) is 11.8 Å². The van der Waals surface area contributed by atoms with Crippen molar-refractivity contribution in [2.45, 2.75) is 52.1 Å². The summed E-state index contributed by atoms with van der Waals surface area (Å²) in [7, 11) is -3.23. The number of nitrogens with zero attached hydrogens (tertiary/aromatic N) is 2. The van der Waals surface area contributed by atoms with Crippen molar-refractivity contribution in [3.63, 3.8) is 0 Å². The molecule has 0 aromatic heterocycles. The quantitative estimate of drug-likeness (QED) is 0.352. The molecule has 7 nitrogen and oxygen atoms in total. The zero-order valence-corrected chi connectivity index (χ0v) is 18.1. The summed E-state index contributed by atoms with van der Waals surface area (Å²) in [4.78, 5) is 4.49. The number of nitrogens with one attached hydrogen (secondary N) is 2. The Bertz CT molecular complexity index is 514. The van der Waals surface area contributed by atoms with Gasteiger partial charge in [0.25, 0.3) is 0 Å². The van der Waals surface area contributed by atoms with Crippen LogP contribution in [0.25, 0.3) is 0 Å². The van der Waals surface area contributed by atoms with Gasteiger partial charge in [-0.15, -0.1) is 0 Å². The predicted molar refractivity (Wildman–Crippen MR) is 111 cm³/mol. The van der Waals surface area contributed by atoms with Crippen molar-refractivity contribution < 1.29 is 13.5 Å². The molecule has 1 aliphatic rings. The molecule has 3 N–H and O–H groups in total. The molecule has 1 saturated heterocycles. The Morgan fingerprint density at radius 1 is 1.15 bits per heavy atom. The molecule has 0 radical (unpaired) electrons. The fourth-order valence-corrected chi connectivity index (χ4v) is 5.53. The third-order valence-corrected chi connectivity index (χ3v) is 7.14. The predicted octanol–water partition coefficient (Wildman–Crippen LogP) is 1.25.